The lowest BCUT2D eigenvalue weighted by molar-refractivity contribution is -0.136. The molecule has 2 aliphatic heterocycles. The smallest absolute Gasteiger partial charge is 0.229 e. The zero-order chi connectivity index (χ0) is 21.1. The van der Waals surface area contributed by atoms with Crippen molar-refractivity contribution in [1.82, 2.24) is 24.8 Å². The Morgan fingerprint density at radius 3 is 2.61 bits per heavy atom. The Hall–Kier alpha value is -3.23. The molecule has 0 radical (unpaired) electrons. The minimum atomic E-state index is -0.947. The van der Waals surface area contributed by atoms with Crippen LogP contribution in [0.2, 0.25) is 0 Å². The fourth-order valence-electron chi connectivity index (χ4n) is 5.04. The summed E-state index contributed by atoms with van der Waals surface area (Å²) in [4.78, 5) is 33.6. The molecule has 8 nitrogen and oxygen atoms in total. The van der Waals surface area contributed by atoms with Gasteiger partial charge in [-0.25, -0.2) is 19.3 Å². The lowest BCUT2D eigenvalue weighted by atomic mass is 10.1. The van der Waals surface area contributed by atoms with Gasteiger partial charge >= 0.3 is 0 Å². The SMILES string of the molecule is COc1ccc(-c2cc3c(N4CC5CCC(C4)N5C(=O)[C@@H]4C[C@H]4F)ncnc3[nH]2)cn1. The lowest BCUT2D eigenvalue weighted by Crippen LogP contribution is -2.56. The molecule has 2 saturated heterocycles. The van der Waals surface area contributed by atoms with E-state index in [1.165, 1.54) is 0 Å². The molecule has 2 unspecified atom stereocenters. The highest BCUT2D eigenvalue weighted by atomic mass is 19.1. The van der Waals surface area contributed by atoms with Crippen molar-refractivity contribution < 1.29 is 13.9 Å². The topological polar surface area (TPSA) is 87.2 Å². The van der Waals surface area contributed by atoms with Crippen LogP contribution in [0, 0.1) is 5.92 Å². The van der Waals surface area contributed by atoms with Gasteiger partial charge in [0, 0.05) is 48.7 Å². The summed E-state index contributed by atoms with van der Waals surface area (Å²) in [5.41, 5.74) is 2.61. The number of hydrogen-bond donors (Lipinski definition) is 1. The summed E-state index contributed by atoms with van der Waals surface area (Å²) >= 11 is 0. The highest BCUT2D eigenvalue weighted by Gasteiger charge is 2.51. The van der Waals surface area contributed by atoms with Crippen LogP contribution in [0.4, 0.5) is 10.2 Å². The molecule has 1 N–H and O–H groups in total. The van der Waals surface area contributed by atoms with Crippen LogP contribution in [0.3, 0.4) is 0 Å². The molecule has 160 valence electrons. The van der Waals surface area contributed by atoms with E-state index in [2.05, 4.69) is 24.8 Å². The van der Waals surface area contributed by atoms with Gasteiger partial charge < -0.3 is 19.5 Å². The van der Waals surface area contributed by atoms with Gasteiger partial charge in [0.25, 0.3) is 0 Å². The first-order chi connectivity index (χ1) is 15.1. The van der Waals surface area contributed by atoms with Gasteiger partial charge in [0.05, 0.1) is 18.4 Å². The Labute approximate surface area is 178 Å². The minimum absolute atomic E-state index is 0.00317. The number of carbonyl (C=O) groups excluding carboxylic acids is 1. The minimum Gasteiger partial charge on any atom is -0.481 e. The number of methoxy groups -OCH3 is 1. The van der Waals surface area contributed by atoms with Crippen LogP contribution in [0.1, 0.15) is 19.3 Å². The number of nitrogens with one attached hydrogen (secondary N) is 1. The summed E-state index contributed by atoms with van der Waals surface area (Å²) < 4.78 is 18.6. The van der Waals surface area contributed by atoms with Gasteiger partial charge in [0.1, 0.15) is 24.0 Å². The number of rotatable bonds is 4. The Bertz CT molecular complexity index is 1130. The van der Waals surface area contributed by atoms with Crippen molar-refractivity contribution in [2.45, 2.75) is 37.5 Å². The third-order valence-corrected chi connectivity index (χ3v) is 6.73. The third-order valence-electron chi connectivity index (χ3n) is 6.73. The number of carbonyl (C=O) groups is 1. The van der Waals surface area contributed by atoms with Crippen LogP contribution < -0.4 is 9.64 Å². The van der Waals surface area contributed by atoms with Gasteiger partial charge in [-0.2, -0.15) is 0 Å². The van der Waals surface area contributed by atoms with Crippen molar-refractivity contribution in [1.29, 1.82) is 0 Å². The number of fused-ring (bicyclic) bond motifs is 3. The fourth-order valence-corrected chi connectivity index (χ4v) is 5.04. The normalized spacial score (nSPS) is 27.0. The first kappa shape index (κ1) is 18.5. The van der Waals surface area contributed by atoms with Crippen molar-refractivity contribution in [2.24, 2.45) is 5.92 Å². The summed E-state index contributed by atoms with van der Waals surface area (Å²) in [5, 5.41) is 0.943. The number of piperazine rings is 1. The molecule has 6 rings (SSSR count). The van der Waals surface area contributed by atoms with Crippen LogP contribution in [0.5, 0.6) is 5.88 Å². The number of pyridine rings is 1. The zero-order valence-electron chi connectivity index (χ0n) is 17.2. The molecule has 3 aromatic rings. The predicted octanol–water partition coefficient (Wildman–Crippen LogP) is 2.57. The van der Waals surface area contributed by atoms with E-state index >= 15 is 0 Å². The number of nitrogens with zero attached hydrogens (tertiary/aromatic N) is 5. The number of H-pyrrole nitrogens is 1. The van der Waals surface area contributed by atoms with Crippen molar-refractivity contribution in [2.75, 3.05) is 25.1 Å². The Balaban J connectivity index is 1.29. The number of anilines is 1. The Morgan fingerprint density at radius 1 is 1.19 bits per heavy atom. The number of ether oxygens (including phenoxy) is 1. The summed E-state index contributed by atoms with van der Waals surface area (Å²) in [6.45, 7) is 1.42. The highest BCUT2D eigenvalue weighted by Crippen LogP contribution is 2.41. The second kappa shape index (κ2) is 6.90. The van der Waals surface area contributed by atoms with Crippen LogP contribution in [-0.2, 0) is 4.79 Å². The molecule has 9 heteroatoms. The summed E-state index contributed by atoms with van der Waals surface area (Å²) in [6.07, 6.45) is 4.69. The second-order valence-electron chi connectivity index (χ2n) is 8.63. The summed E-state index contributed by atoms with van der Waals surface area (Å²) in [5.74, 6) is 1.02. The van der Waals surface area contributed by atoms with E-state index in [1.807, 2.05) is 23.1 Å². The first-order valence-electron chi connectivity index (χ1n) is 10.7. The number of halogens is 1. The van der Waals surface area contributed by atoms with Crippen molar-refractivity contribution >= 4 is 22.8 Å². The molecule has 31 heavy (non-hydrogen) atoms. The number of aromatic nitrogens is 4. The maximum Gasteiger partial charge on any atom is 0.229 e. The molecule has 3 aliphatic rings. The highest BCUT2D eigenvalue weighted by molar-refractivity contribution is 5.92. The number of hydrogen-bond acceptors (Lipinski definition) is 6. The molecule has 4 atom stereocenters. The van der Waals surface area contributed by atoms with Crippen LogP contribution >= 0.6 is 0 Å². The van der Waals surface area contributed by atoms with Gasteiger partial charge in [0.15, 0.2) is 0 Å². The van der Waals surface area contributed by atoms with E-state index < -0.39 is 12.1 Å². The maximum atomic E-state index is 13.5. The van der Waals surface area contributed by atoms with Crippen molar-refractivity contribution in [3.8, 4) is 17.1 Å². The fraction of sp³-hybridized carbons (Fsp3) is 0.455. The van der Waals surface area contributed by atoms with Crippen molar-refractivity contribution in [3.63, 3.8) is 0 Å². The molecule has 1 saturated carbocycles. The van der Waals surface area contributed by atoms with Crippen LogP contribution in [0.25, 0.3) is 22.3 Å². The number of amides is 1. The quantitative estimate of drug-likeness (QED) is 0.695. The van der Waals surface area contributed by atoms with Gasteiger partial charge in [-0.15, -0.1) is 0 Å². The average Bonchev–Trinajstić information content (AvgIpc) is 3.26. The molecule has 0 spiro atoms. The molecule has 1 amide bonds. The van der Waals surface area contributed by atoms with E-state index in [4.69, 9.17) is 4.74 Å². The molecule has 0 aromatic carbocycles. The summed E-state index contributed by atoms with van der Waals surface area (Å²) in [6, 6.07) is 6.06. The van der Waals surface area contributed by atoms with Gasteiger partial charge in [0.2, 0.25) is 11.8 Å². The summed E-state index contributed by atoms with van der Waals surface area (Å²) in [7, 11) is 1.59. The van der Waals surface area contributed by atoms with Crippen molar-refractivity contribution in [3.05, 3.63) is 30.7 Å². The van der Waals surface area contributed by atoms with Gasteiger partial charge in [-0.05, 0) is 31.4 Å². The van der Waals surface area contributed by atoms with Gasteiger partial charge in [-0.3, -0.25) is 4.79 Å². The molecular formula is C22H23FN6O2. The zero-order valence-corrected chi connectivity index (χ0v) is 17.2. The third kappa shape index (κ3) is 3.02. The monoisotopic (exact) mass is 422 g/mol. The molecule has 5 heterocycles. The maximum absolute atomic E-state index is 13.5. The van der Waals surface area contributed by atoms with E-state index in [9.17, 15) is 9.18 Å². The molecular weight excluding hydrogens is 399 g/mol. The van der Waals surface area contributed by atoms with Crippen LogP contribution in [0.15, 0.2) is 30.7 Å². The van der Waals surface area contributed by atoms with E-state index in [0.717, 1.165) is 41.0 Å². The molecule has 1 aliphatic carbocycles. The van der Waals surface area contributed by atoms with Gasteiger partial charge in [-0.1, -0.05) is 0 Å². The molecule has 3 aromatic heterocycles. The standard InChI is InChI=1S/C22H23FN6O2/c1-31-19-5-2-12(8-24-19)18-7-16-20(27-18)25-11-26-21(16)28-9-13-3-4-14(10-28)29(13)22(30)15-6-17(15)23/h2,5,7-8,11,13-15,17H,3-4,6,9-10H2,1H3,(H,25,26,27)/t13?,14?,15-,17-/m1/s1. The Morgan fingerprint density at radius 2 is 1.97 bits per heavy atom. The average molecular weight is 422 g/mol. The predicted molar refractivity (Wildman–Crippen MR) is 113 cm³/mol. The second-order valence-corrected chi connectivity index (χ2v) is 8.63. The molecule has 3 fully saturated rings. The van der Waals surface area contributed by atoms with E-state index in [-0.39, 0.29) is 18.0 Å². The van der Waals surface area contributed by atoms with Crippen LogP contribution in [-0.4, -0.2) is 69.2 Å². The van der Waals surface area contributed by atoms with E-state index in [1.54, 1.807) is 19.6 Å². The Kier molecular flexibility index (Phi) is 4.12. The first-order valence-corrected chi connectivity index (χ1v) is 10.7. The number of aromatic amines is 1. The number of alkyl halides is 1. The largest absolute Gasteiger partial charge is 0.481 e. The molecule has 2 bridgehead atoms. The van der Waals surface area contributed by atoms with E-state index in [0.29, 0.717) is 25.4 Å². The lowest BCUT2D eigenvalue weighted by Gasteiger charge is -2.41.